The highest BCUT2D eigenvalue weighted by molar-refractivity contribution is 7.26. The predicted molar refractivity (Wildman–Crippen MR) is 222 cm³/mol. The number of nitrogens with zero attached hydrogens (tertiary/aromatic N) is 4. The second kappa shape index (κ2) is 12.5. The third kappa shape index (κ3) is 5.28. The molecule has 7 heteroatoms. The molecule has 0 spiro atoms. The molecule has 11 aromatic rings. The van der Waals surface area contributed by atoms with Crippen LogP contribution in [0.2, 0.25) is 0 Å². The number of benzene rings is 7. The fraction of sp³-hybridized carbons (Fsp3) is 0. The maximum atomic E-state index is 15.3. The Balaban J connectivity index is 1.15. The van der Waals surface area contributed by atoms with Crippen LogP contribution in [0.4, 0.5) is 4.39 Å². The Kier molecular flexibility index (Phi) is 7.15. The molecule has 0 amide bonds. The van der Waals surface area contributed by atoms with E-state index in [4.69, 9.17) is 19.4 Å². The van der Waals surface area contributed by atoms with Gasteiger partial charge < -0.3 is 4.42 Å². The molecule has 0 fully saturated rings. The lowest BCUT2D eigenvalue weighted by molar-refractivity contribution is 0.630. The lowest BCUT2D eigenvalue weighted by Gasteiger charge is -2.11. The molecule has 0 aliphatic heterocycles. The Morgan fingerprint density at radius 3 is 2.04 bits per heavy atom. The highest BCUT2D eigenvalue weighted by Crippen LogP contribution is 2.43. The van der Waals surface area contributed by atoms with E-state index in [1.807, 2.05) is 79.0 Å². The van der Waals surface area contributed by atoms with Gasteiger partial charge in [-0.2, -0.15) is 0 Å². The minimum Gasteiger partial charge on any atom is -0.456 e. The second-order valence-electron chi connectivity index (χ2n) is 13.6. The molecule has 0 unspecified atom stereocenters. The lowest BCUT2D eigenvalue weighted by atomic mass is 10.0. The molecule has 0 radical (unpaired) electrons. The van der Waals surface area contributed by atoms with Crippen molar-refractivity contribution in [2.45, 2.75) is 0 Å². The summed E-state index contributed by atoms with van der Waals surface area (Å²) in [5.41, 5.74) is 8.14. The summed E-state index contributed by atoms with van der Waals surface area (Å²) in [5, 5.41) is 5.77. The number of fused-ring (bicyclic) bond motifs is 7. The van der Waals surface area contributed by atoms with Crippen molar-refractivity contribution in [2.24, 2.45) is 0 Å². The van der Waals surface area contributed by atoms with Crippen molar-refractivity contribution in [3.05, 3.63) is 170 Å². The van der Waals surface area contributed by atoms with Crippen molar-refractivity contribution < 1.29 is 8.81 Å². The van der Waals surface area contributed by atoms with Crippen LogP contribution in [0.5, 0.6) is 0 Å². The Morgan fingerprint density at radius 1 is 0.473 bits per heavy atom. The van der Waals surface area contributed by atoms with Crippen LogP contribution >= 0.6 is 11.3 Å². The number of hydrogen-bond acceptors (Lipinski definition) is 6. The molecule has 5 nitrogen and oxygen atoms in total. The zero-order chi connectivity index (χ0) is 36.5. The zero-order valence-electron chi connectivity index (χ0n) is 29.1. The first-order valence-corrected chi connectivity index (χ1v) is 18.8. The van der Waals surface area contributed by atoms with Crippen LogP contribution in [0.15, 0.2) is 168 Å². The van der Waals surface area contributed by atoms with E-state index in [-0.39, 0.29) is 5.82 Å². The normalized spacial score (nSPS) is 11.7. The third-order valence-electron chi connectivity index (χ3n) is 10.3. The van der Waals surface area contributed by atoms with Gasteiger partial charge in [-0.15, -0.1) is 11.3 Å². The minimum absolute atomic E-state index is 0.356. The van der Waals surface area contributed by atoms with Gasteiger partial charge in [0.1, 0.15) is 17.0 Å². The van der Waals surface area contributed by atoms with Gasteiger partial charge in [-0.25, -0.2) is 19.3 Å². The van der Waals surface area contributed by atoms with Gasteiger partial charge in [0.2, 0.25) is 0 Å². The highest BCUT2D eigenvalue weighted by atomic mass is 32.1. The molecular weight excluding hydrogens is 700 g/mol. The molecular formula is C48H27FN4OS. The standard InChI is InChI=1S/C48H27FN4OS/c49-33-23-31-11-4-5-13-34(31)40(26-33)48-52-46(38-15-7-17-41-44(38)37-21-19-29(24-42(37)54-41)28-9-2-1-3-10-28)51-47(53-48)39-16-6-14-36-35-20-18-30(25-43(35)55-45(36)39)32-12-8-22-50-27-32/h1-27H. The quantitative estimate of drug-likeness (QED) is 0.177. The van der Waals surface area contributed by atoms with Crippen LogP contribution in [0.1, 0.15) is 0 Å². The van der Waals surface area contributed by atoms with Crippen LogP contribution in [-0.2, 0) is 0 Å². The maximum absolute atomic E-state index is 15.3. The molecule has 7 aromatic carbocycles. The van der Waals surface area contributed by atoms with Gasteiger partial charge in [-0.05, 0) is 76.0 Å². The van der Waals surface area contributed by atoms with Crippen LogP contribution in [0.3, 0.4) is 0 Å². The van der Waals surface area contributed by atoms with E-state index in [2.05, 4.69) is 71.7 Å². The Bertz CT molecular complexity index is 3280. The van der Waals surface area contributed by atoms with Gasteiger partial charge in [0.25, 0.3) is 0 Å². The molecule has 0 aliphatic rings. The summed E-state index contributed by atoms with van der Waals surface area (Å²) in [5.74, 6) is 1.02. The number of aromatic nitrogens is 4. The first kappa shape index (κ1) is 31.4. The number of thiophene rings is 1. The molecule has 0 aliphatic carbocycles. The van der Waals surface area contributed by atoms with Crippen molar-refractivity contribution >= 4 is 64.2 Å². The summed E-state index contributed by atoms with van der Waals surface area (Å²) in [6.07, 6.45) is 3.67. The molecule has 11 rings (SSSR count). The van der Waals surface area contributed by atoms with Crippen LogP contribution in [-0.4, -0.2) is 19.9 Å². The number of rotatable bonds is 5. The van der Waals surface area contributed by atoms with Gasteiger partial charge in [0.05, 0.1) is 0 Å². The molecule has 0 bridgehead atoms. The summed E-state index contributed by atoms with van der Waals surface area (Å²) in [4.78, 5) is 19.8. The van der Waals surface area contributed by atoms with E-state index >= 15 is 4.39 Å². The molecule has 55 heavy (non-hydrogen) atoms. The van der Waals surface area contributed by atoms with E-state index in [1.54, 1.807) is 23.6 Å². The van der Waals surface area contributed by atoms with E-state index in [9.17, 15) is 0 Å². The summed E-state index contributed by atoms with van der Waals surface area (Å²) in [6, 6.07) is 50.2. The van der Waals surface area contributed by atoms with Crippen LogP contribution in [0.25, 0.3) is 109 Å². The second-order valence-corrected chi connectivity index (χ2v) is 14.6. The van der Waals surface area contributed by atoms with Crippen molar-refractivity contribution in [1.82, 2.24) is 19.9 Å². The summed E-state index contributed by atoms with van der Waals surface area (Å²) in [7, 11) is 0. The number of hydrogen-bond donors (Lipinski definition) is 0. The fourth-order valence-corrected chi connectivity index (χ4v) is 8.96. The average molecular weight is 727 g/mol. The molecule has 4 aromatic heterocycles. The van der Waals surface area contributed by atoms with Crippen molar-refractivity contribution in [3.63, 3.8) is 0 Å². The zero-order valence-corrected chi connectivity index (χ0v) is 29.9. The van der Waals surface area contributed by atoms with E-state index < -0.39 is 0 Å². The van der Waals surface area contributed by atoms with Crippen LogP contribution in [0, 0.1) is 5.82 Å². The molecule has 0 N–H and O–H groups in total. The van der Waals surface area contributed by atoms with Gasteiger partial charge in [0.15, 0.2) is 17.5 Å². The van der Waals surface area contributed by atoms with Crippen molar-refractivity contribution in [3.8, 4) is 56.4 Å². The van der Waals surface area contributed by atoms with Gasteiger partial charge in [0, 0.05) is 65.6 Å². The summed E-state index contributed by atoms with van der Waals surface area (Å²) in [6.45, 7) is 0. The summed E-state index contributed by atoms with van der Waals surface area (Å²) >= 11 is 1.71. The Labute approximate surface area is 318 Å². The SMILES string of the molecule is Fc1cc(-c2nc(-c3cccc4c3sc3cc(-c5cccnc5)ccc34)nc(-c3cccc4oc5cc(-c6ccccc6)ccc5c34)n2)c2ccccc2c1. The Hall–Kier alpha value is -7.09. The molecule has 0 saturated heterocycles. The van der Waals surface area contributed by atoms with Crippen molar-refractivity contribution in [2.75, 3.05) is 0 Å². The van der Waals surface area contributed by atoms with E-state index in [0.717, 1.165) is 86.3 Å². The summed E-state index contributed by atoms with van der Waals surface area (Å²) < 4.78 is 24.0. The predicted octanol–water partition coefficient (Wildman–Crippen LogP) is 13.2. The molecule has 0 saturated carbocycles. The molecule has 258 valence electrons. The van der Waals surface area contributed by atoms with Gasteiger partial charge in [-0.3, -0.25) is 4.98 Å². The Morgan fingerprint density at radius 2 is 1.18 bits per heavy atom. The smallest absolute Gasteiger partial charge is 0.165 e. The lowest BCUT2D eigenvalue weighted by Crippen LogP contribution is -2.01. The topological polar surface area (TPSA) is 64.7 Å². The average Bonchev–Trinajstić information content (AvgIpc) is 3.81. The van der Waals surface area contributed by atoms with Crippen LogP contribution < -0.4 is 0 Å². The monoisotopic (exact) mass is 726 g/mol. The maximum Gasteiger partial charge on any atom is 0.165 e. The number of furan rings is 1. The first-order chi connectivity index (χ1) is 27.1. The van der Waals surface area contributed by atoms with E-state index in [1.165, 1.54) is 6.07 Å². The largest absolute Gasteiger partial charge is 0.456 e. The first-order valence-electron chi connectivity index (χ1n) is 18.0. The highest BCUT2D eigenvalue weighted by Gasteiger charge is 2.21. The fourth-order valence-electron chi connectivity index (χ4n) is 7.71. The molecule has 4 heterocycles. The van der Waals surface area contributed by atoms with Gasteiger partial charge in [-0.1, -0.05) is 103 Å². The number of halogens is 1. The number of pyridine rings is 1. The van der Waals surface area contributed by atoms with Gasteiger partial charge >= 0.3 is 0 Å². The van der Waals surface area contributed by atoms with E-state index in [0.29, 0.717) is 23.0 Å². The molecule has 0 atom stereocenters. The third-order valence-corrected chi connectivity index (χ3v) is 11.5. The minimum atomic E-state index is -0.356. The van der Waals surface area contributed by atoms with Crippen molar-refractivity contribution in [1.29, 1.82) is 0 Å².